The Bertz CT molecular complexity index is 930. The van der Waals surface area contributed by atoms with Crippen molar-refractivity contribution in [2.75, 3.05) is 36.1 Å². The lowest BCUT2D eigenvalue weighted by molar-refractivity contribution is 0.252. The molecular formula is C20H23N7O2. The van der Waals surface area contributed by atoms with Gasteiger partial charge < -0.3 is 26.0 Å². The number of ether oxygens (including phenoxy) is 1. The fourth-order valence-corrected chi connectivity index (χ4v) is 2.45. The molecule has 0 spiro atoms. The standard InChI is InChI=1S/C20H23N7O2/c1-14-9-10-21-19(13-14)25-18-8-7-17(26-27-18)22-11-12-23-20(28)24-15-3-5-16(29-2)6-4-15/h3-10,13H,11-12H2,1-2H3,(H,22,26)(H,21,25,27)(H2,23,24,28). The quantitative estimate of drug-likeness (QED) is 0.435. The Morgan fingerprint density at radius 2 is 1.72 bits per heavy atom. The van der Waals surface area contributed by atoms with Crippen molar-refractivity contribution >= 4 is 29.2 Å². The summed E-state index contributed by atoms with van der Waals surface area (Å²) in [6.45, 7) is 2.94. The van der Waals surface area contributed by atoms with E-state index in [1.54, 1.807) is 37.6 Å². The fraction of sp³-hybridized carbons (Fsp3) is 0.200. The van der Waals surface area contributed by atoms with Crippen LogP contribution >= 0.6 is 0 Å². The number of hydrogen-bond acceptors (Lipinski definition) is 7. The molecule has 2 aromatic heterocycles. The Morgan fingerprint density at radius 3 is 2.41 bits per heavy atom. The number of rotatable bonds is 8. The first kappa shape index (κ1) is 19.9. The van der Waals surface area contributed by atoms with Gasteiger partial charge in [0, 0.05) is 25.0 Å². The monoisotopic (exact) mass is 393 g/mol. The Kier molecular flexibility index (Phi) is 6.77. The van der Waals surface area contributed by atoms with Crippen molar-refractivity contribution in [3.63, 3.8) is 0 Å². The molecule has 0 saturated heterocycles. The first-order chi connectivity index (χ1) is 14.1. The smallest absolute Gasteiger partial charge is 0.319 e. The lowest BCUT2D eigenvalue weighted by Gasteiger charge is -2.09. The number of carbonyl (C=O) groups excluding carboxylic acids is 1. The predicted molar refractivity (Wildman–Crippen MR) is 113 cm³/mol. The van der Waals surface area contributed by atoms with Crippen molar-refractivity contribution in [2.24, 2.45) is 0 Å². The molecule has 9 heteroatoms. The Balaban J connectivity index is 1.38. The summed E-state index contributed by atoms with van der Waals surface area (Å²) in [7, 11) is 1.60. The van der Waals surface area contributed by atoms with Gasteiger partial charge in [-0.05, 0) is 61.0 Å². The maximum absolute atomic E-state index is 11.9. The zero-order chi connectivity index (χ0) is 20.5. The van der Waals surface area contributed by atoms with Crippen molar-refractivity contribution in [1.82, 2.24) is 20.5 Å². The van der Waals surface area contributed by atoms with Crippen LogP contribution in [-0.4, -0.2) is 41.4 Å². The average molecular weight is 393 g/mol. The minimum absolute atomic E-state index is 0.284. The van der Waals surface area contributed by atoms with Crippen molar-refractivity contribution in [3.8, 4) is 5.75 Å². The predicted octanol–water partition coefficient (Wildman–Crippen LogP) is 3.17. The second-order valence-electron chi connectivity index (χ2n) is 6.18. The van der Waals surface area contributed by atoms with Crippen LogP contribution in [0.4, 0.5) is 27.9 Å². The Morgan fingerprint density at radius 1 is 0.966 bits per heavy atom. The maximum atomic E-state index is 11.9. The molecule has 0 aliphatic carbocycles. The molecule has 0 saturated carbocycles. The van der Waals surface area contributed by atoms with Gasteiger partial charge in [-0.2, -0.15) is 0 Å². The van der Waals surface area contributed by atoms with E-state index < -0.39 is 0 Å². The molecule has 4 N–H and O–H groups in total. The summed E-state index contributed by atoms with van der Waals surface area (Å²) in [4.78, 5) is 16.1. The van der Waals surface area contributed by atoms with Gasteiger partial charge in [-0.25, -0.2) is 9.78 Å². The minimum atomic E-state index is -0.284. The molecule has 0 atom stereocenters. The van der Waals surface area contributed by atoms with Crippen LogP contribution in [0.5, 0.6) is 5.75 Å². The Labute approximate surface area is 168 Å². The van der Waals surface area contributed by atoms with Gasteiger partial charge in [0.15, 0.2) is 5.82 Å². The number of urea groups is 1. The average Bonchev–Trinajstić information content (AvgIpc) is 2.73. The van der Waals surface area contributed by atoms with E-state index in [0.29, 0.717) is 36.2 Å². The second-order valence-corrected chi connectivity index (χ2v) is 6.18. The lowest BCUT2D eigenvalue weighted by Crippen LogP contribution is -2.32. The maximum Gasteiger partial charge on any atom is 0.319 e. The molecule has 1 aromatic carbocycles. The summed E-state index contributed by atoms with van der Waals surface area (Å²) in [5, 5.41) is 19.9. The van der Waals surface area contributed by atoms with Gasteiger partial charge in [0.2, 0.25) is 0 Å². The van der Waals surface area contributed by atoms with Gasteiger partial charge in [-0.3, -0.25) is 0 Å². The Hall–Kier alpha value is -3.88. The normalized spacial score (nSPS) is 10.1. The molecule has 0 fully saturated rings. The highest BCUT2D eigenvalue weighted by Gasteiger charge is 2.03. The number of nitrogens with zero attached hydrogens (tertiary/aromatic N) is 3. The number of carbonyl (C=O) groups is 1. The zero-order valence-electron chi connectivity index (χ0n) is 16.3. The largest absolute Gasteiger partial charge is 0.497 e. The first-order valence-electron chi connectivity index (χ1n) is 9.08. The van der Waals surface area contributed by atoms with Crippen LogP contribution in [-0.2, 0) is 0 Å². The molecular weight excluding hydrogens is 370 g/mol. The number of nitrogens with one attached hydrogen (secondary N) is 4. The van der Waals surface area contributed by atoms with Crippen molar-refractivity contribution in [3.05, 3.63) is 60.3 Å². The minimum Gasteiger partial charge on any atom is -0.497 e. The number of aromatic nitrogens is 3. The summed E-state index contributed by atoms with van der Waals surface area (Å²) < 4.78 is 5.08. The van der Waals surface area contributed by atoms with Crippen molar-refractivity contribution < 1.29 is 9.53 Å². The van der Waals surface area contributed by atoms with E-state index >= 15 is 0 Å². The lowest BCUT2D eigenvalue weighted by atomic mass is 10.3. The number of amides is 2. The molecule has 0 bridgehead atoms. The molecule has 9 nitrogen and oxygen atoms in total. The van der Waals surface area contributed by atoms with Crippen LogP contribution in [0, 0.1) is 6.92 Å². The van der Waals surface area contributed by atoms with E-state index in [0.717, 1.165) is 11.3 Å². The summed E-state index contributed by atoms with van der Waals surface area (Å²) in [6.07, 6.45) is 1.73. The van der Waals surface area contributed by atoms with E-state index in [2.05, 4.69) is 36.4 Å². The summed E-state index contributed by atoms with van der Waals surface area (Å²) in [5.74, 6) is 2.67. The molecule has 150 valence electrons. The molecule has 0 unspecified atom stereocenters. The van der Waals surface area contributed by atoms with Crippen LogP contribution < -0.4 is 26.0 Å². The van der Waals surface area contributed by atoms with Gasteiger partial charge in [-0.1, -0.05) is 0 Å². The highest BCUT2D eigenvalue weighted by molar-refractivity contribution is 5.89. The van der Waals surface area contributed by atoms with Crippen LogP contribution in [0.25, 0.3) is 0 Å². The number of hydrogen-bond donors (Lipinski definition) is 4. The second kappa shape index (κ2) is 9.88. The van der Waals surface area contributed by atoms with E-state index in [4.69, 9.17) is 4.74 Å². The number of methoxy groups -OCH3 is 1. The van der Waals surface area contributed by atoms with Crippen LogP contribution in [0.1, 0.15) is 5.56 Å². The third-order valence-corrected chi connectivity index (χ3v) is 3.90. The number of pyridine rings is 1. The number of benzene rings is 1. The highest BCUT2D eigenvalue weighted by atomic mass is 16.5. The molecule has 3 aromatic rings. The van der Waals surface area contributed by atoms with Crippen molar-refractivity contribution in [1.29, 1.82) is 0 Å². The van der Waals surface area contributed by atoms with Gasteiger partial charge in [-0.15, -0.1) is 10.2 Å². The van der Waals surface area contributed by atoms with Gasteiger partial charge in [0.25, 0.3) is 0 Å². The molecule has 2 heterocycles. The summed E-state index contributed by atoms with van der Waals surface area (Å²) in [6, 6.07) is 14.3. The van der Waals surface area contributed by atoms with Gasteiger partial charge in [0.1, 0.15) is 17.4 Å². The molecule has 2 amide bonds. The molecule has 0 aliphatic rings. The van der Waals surface area contributed by atoms with Crippen LogP contribution in [0.3, 0.4) is 0 Å². The van der Waals surface area contributed by atoms with E-state index in [1.165, 1.54) is 0 Å². The van der Waals surface area contributed by atoms with E-state index in [9.17, 15) is 4.79 Å². The van der Waals surface area contributed by atoms with E-state index in [1.807, 2.05) is 31.2 Å². The van der Waals surface area contributed by atoms with Crippen molar-refractivity contribution in [2.45, 2.75) is 6.92 Å². The SMILES string of the molecule is COc1ccc(NC(=O)NCCNc2ccc(Nc3cc(C)ccn3)nn2)cc1. The highest BCUT2D eigenvalue weighted by Crippen LogP contribution is 2.15. The van der Waals surface area contributed by atoms with Crippen LogP contribution in [0.2, 0.25) is 0 Å². The summed E-state index contributed by atoms with van der Waals surface area (Å²) >= 11 is 0. The van der Waals surface area contributed by atoms with Gasteiger partial charge in [0.05, 0.1) is 7.11 Å². The summed E-state index contributed by atoms with van der Waals surface area (Å²) in [5.41, 5.74) is 1.80. The first-order valence-corrected chi connectivity index (χ1v) is 9.08. The molecule has 29 heavy (non-hydrogen) atoms. The van der Waals surface area contributed by atoms with Crippen LogP contribution in [0.15, 0.2) is 54.7 Å². The van der Waals surface area contributed by atoms with Gasteiger partial charge >= 0.3 is 6.03 Å². The third kappa shape index (κ3) is 6.35. The number of aryl methyl sites for hydroxylation is 1. The zero-order valence-corrected chi connectivity index (χ0v) is 16.3. The van der Waals surface area contributed by atoms with E-state index in [-0.39, 0.29) is 6.03 Å². The third-order valence-electron chi connectivity index (χ3n) is 3.90. The number of anilines is 4. The topological polar surface area (TPSA) is 113 Å². The molecule has 0 radical (unpaired) electrons. The molecule has 3 rings (SSSR count). The fourth-order valence-electron chi connectivity index (χ4n) is 2.45. The molecule has 0 aliphatic heterocycles.